The van der Waals surface area contributed by atoms with Crippen molar-refractivity contribution in [3.8, 4) is 0 Å². The van der Waals surface area contributed by atoms with Gasteiger partial charge in [0.2, 0.25) is 0 Å². The fraction of sp³-hybridized carbons (Fsp3) is 0.458. The molecule has 0 bridgehead atoms. The molecule has 5 rings (SSSR count). The Bertz CT molecular complexity index is 1120. The fourth-order valence-electron chi connectivity index (χ4n) is 5.55. The standard InChI is InChI=1S/C24H27ClN2O3S/c25-20-12-11-19(24(28)26-14-5-8-17-6-1-3-9-21(17)26)16-23(20)31(29,30)27-15-13-18-7-2-4-10-22(18)27/h2,4,7,10-12,16-17,21H,1,3,5-6,8-9,13-15H2. The Hall–Kier alpha value is -2.05. The molecule has 2 aliphatic heterocycles. The van der Waals surface area contributed by atoms with Gasteiger partial charge in [0.25, 0.3) is 15.9 Å². The lowest BCUT2D eigenvalue weighted by Gasteiger charge is -2.44. The van der Waals surface area contributed by atoms with E-state index in [0.29, 0.717) is 30.1 Å². The highest BCUT2D eigenvalue weighted by Gasteiger charge is 2.37. The van der Waals surface area contributed by atoms with Crippen molar-refractivity contribution in [2.75, 3.05) is 17.4 Å². The Balaban J connectivity index is 1.48. The third-order valence-electron chi connectivity index (χ3n) is 7.09. The number of hydrogen-bond acceptors (Lipinski definition) is 3. The Labute approximate surface area is 189 Å². The van der Waals surface area contributed by atoms with Gasteiger partial charge in [-0.3, -0.25) is 9.10 Å². The number of nitrogens with zero attached hydrogens (tertiary/aromatic N) is 2. The van der Waals surface area contributed by atoms with E-state index in [0.717, 1.165) is 31.4 Å². The Morgan fingerprint density at radius 3 is 2.61 bits per heavy atom. The van der Waals surface area contributed by atoms with Gasteiger partial charge in [-0.1, -0.05) is 42.6 Å². The minimum Gasteiger partial charge on any atom is -0.335 e. The van der Waals surface area contributed by atoms with Gasteiger partial charge in [0.05, 0.1) is 10.7 Å². The maximum Gasteiger partial charge on any atom is 0.265 e. The Kier molecular flexibility index (Phi) is 5.47. The predicted molar refractivity (Wildman–Crippen MR) is 122 cm³/mol. The summed E-state index contributed by atoms with van der Waals surface area (Å²) < 4.78 is 28.4. The highest BCUT2D eigenvalue weighted by molar-refractivity contribution is 7.93. The summed E-state index contributed by atoms with van der Waals surface area (Å²) in [5.41, 5.74) is 2.10. The number of anilines is 1. The van der Waals surface area contributed by atoms with Crippen molar-refractivity contribution in [1.29, 1.82) is 0 Å². The van der Waals surface area contributed by atoms with Crippen LogP contribution in [-0.2, 0) is 16.4 Å². The number of likely N-dealkylation sites (tertiary alicyclic amines) is 1. The lowest BCUT2D eigenvalue weighted by molar-refractivity contribution is 0.0390. The van der Waals surface area contributed by atoms with Crippen molar-refractivity contribution in [2.24, 2.45) is 5.92 Å². The van der Waals surface area contributed by atoms with E-state index in [1.165, 1.54) is 29.6 Å². The fourth-order valence-corrected chi connectivity index (χ4v) is 7.56. The molecule has 5 nitrogen and oxygen atoms in total. The molecule has 1 saturated carbocycles. The number of rotatable bonds is 3. The van der Waals surface area contributed by atoms with Crippen LogP contribution in [0.3, 0.4) is 0 Å². The second kappa shape index (κ2) is 8.14. The molecule has 164 valence electrons. The molecule has 2 fully saturated rings. The number of para-hydroxylation sites is 1. The van der Waals surface area contributed by atoms with E-state index in [1.54, 1.807) is 12.1 Å². The van der Waals surface area contributed by atoms with Crippen molar-refractivity contribution in [1.82, 2.24) is 4.90 Å². The van der Waals surface area contributed by atoms with Gasteiger partial charge < -0.3 is 4.90 Å². The monoisotopic (exact) mass is 458 g/mol. The van der Waals surface area contributed by atoms with Crippen molar-refractivity contribution in [3.05, 3.63) is 58.6 Å². The number of halogens is 1. The molecule has 7 heteroatoms. The number of carbonyl (C=O) groups is 1. The number of sulfonamides is 1. The molecule has 2 unspecified atom stereocenters. The molecule has 2 aromatic rings. The Morgan fingerprint density at radius 2 is 1.74 bits per heavy atom. The molecule has 0 N–H and O–H groups in total. The molecule has 1 amide bonds. The van der Waals surface area contributed by atoms with E-state index in [1.807, 2.05) is 29.2 Å². The molecule has 2 aromatic carbocycles. The van der Waals surface area contributed by atoms with Crippen LogP contribution in [0.4, 0.5) is 5.69 Å². The minimum absolute atomic E-state index is 0.00826. The van der Waals surface area contributed by atoms with Crippen molar-refractivity contribution in [2.45, 2.75) is 55.9 Å². The van der Waals surface area contributed by atoms with E-state index in [2.05, 4.69) is 0 Å². The summed E-state index contributed by atoms with van der Waals surface area (Å²) in [6.07, 6.45) is 7.48. The molecule has 2 heterocycles. The lowest BCUT2D eigenvalue weighted by Crippen LogP contribution is -2.49. The van der Waals surface area contributed by atoms with Gasteiger partial charge in [0.15, 0.2) is 0 Å². The zero-order valence-corrected chi connectivity index (χ0v) is 19.0. The van der Waals surface area contributed by atoms with E-state index < -0.39 is 10.0 Å². The van der Waals surface area contributed by atoms with Gasteiger partial charge in [0.1, 0.15) is 4.90 Å². The van der Waals surface area contributed by atoms with Crippen LogP contribution >= 0.6 is 11.6 Å². The van der Waals surface area contributed by atoms with Crippen LogP contribution in [0.5, 0.6) is 0 Å². The number of benzene rings is 2. The zero-order valence-electron chi connectivity index (χ0n) is 17.5. The topological polar surface area (TPSA) is 57.7 Å². The van der Waals surface area contributed by atoms with E-state index in [4.69, 9.17) is 11.6 Å². The van der Waals surface area contributed by atoms with Crippen molar-refractivity contribution < 1.29 is 13.2 Å². The van der Waals surface area contributed by atoms with Gasteiger partial charge in [-0.2, -0.15) is 0 Å². The first-order valence-corrected chi connectivity index (χ1v) is 13.0. The highest BCUT2D eigenvalue weighted by atomic mass is 35.5. The van der Waals surface area contributed by atoms with E-state index in [9.17, 15) is 13.2 Å². The molecule has 2 atom stereocenters. The van der Waals surface area contributed by atoms with Crippen molar-refractivity contribution in [3.63, 3.8) is 0 Å². The van der Waals surface area contributed by atoms with Crippen LogP contribution in [-0.4, -0.2) is 38.4 Å². The first-order chi connectivity index (χ1) is 15.0. The van der Waals surface area contributed by atoms with Crippen molar-refractivity contribution >= 4 is 33.2 Å². The molecule has 1 saturated heterocycles. The Morgan fingerprint density at radius 1 is 0.968 bits per heavy atom. The van der Waals surface area contributed by atoms with Gasteiger partial charge in [-0.25, -0.2) is 8.42 Å². The summed E-state index contributed by atoms with van der Waals surface area (Å²) in [5, 5.41) is 0.148. The summed E-state index contributed by atoms with van der Waals surface area (Å²) in [4.78, 5) is 15.4. The SMILES string of the molecule is O=C(c1ccc(Cl)c(S(=O)(=O)N2CCc3ccccc32)c1)N1CCCC2CCCCC21. The lowest BCUT2D eigenvalue weighted by atomic mass is 9.78. The summed E-state index contributed by atoms with van der Waals surface area (Å²) in [5.74, 6) is 0.495. The maximum absolute atomic E-state index is 13.5. The molecular formula is C24H27ClN2O3S. The molecular weight excluding hydrogens is 432 g/mol. The molecule has 0 spiro atoms. The van der Waals surface area contributed by atoms with Gasteiger partial charge >= 0.3 is 0 Å². The normalized spacial score (nSPS) is 23.4. The quantitative estimate of drug-likeness (QED) is 0.658. The summed E-state index contributed by atoms with van der Waals surface area (Å²) in [7, 11) is -3.86. The third kappa shape index (κ3) is 3.64. The van der Waals surface area contributed by atoms with E-state index >= 15 is 0 Å². The van der Waals surface area contributed by atoms with Gasteiger partial charge in [0, 0.05) is 24.7 Å². The smallest absolute Gasteiger partial charge is 0.265 e. The number of amides is 1. The zero-order chi connectivity index (χ0) is 21.6. The van der Waals surface area contributed by atoms with Crippen LogP contribution in [0, 0.1) is 5.92 Å². The van der Waals surface area contributed by atoms with Crippen LogP contribution in [0.2, 0.25) is 5.02 Å². The number of piperidine rings is 1. The van der Waals surface area contributed by atoms with Crippen LogP contribution in [0.15, 0.2) is 47.4 Å². The maximum atomic E-state index is 13.5. The molecule has 0 radical (unpaired) electrons. The average Bonchev–Trinajstić information content (AvgIpc) is 3.23. The number of fused-ring (bicyclic) bond motifs is 2. The van der Waals surface area contributed by atoms with E-state index in [-0.39, 0.29) is 21.9 Å². The highest BCUT2D eigenvalue weighted by Crippen LogP contribution is 2.38. The number of carbonyl (C=O) groups excluding carboxylic acids is 1. The summed E-state index contributed by atoms with van der Waals surface area (Å²) >= 11 is 6.36. The first-order valence-electron chi connectivity index (χ1n) is 11.2. The summed E-state index contributed by atoms with van der Waals surface area (Å²) in [6.45, 7) is 1.12. The minimum atomic E-state index is -3.86. The van der Waals surface area contributed by atoms with Crippen LogP contribution in [0.25, 0.3) is 0 Å². The summed E-state index contributed by atoms with van der Waals surface area (Å²) in [6, 6.07) is 12.5. The molecule has 1 aliphatic carbocycles. The van der Waals surface area contributed by atoms with Crippen LogP contribution in [0.1, 0.15) is 54.4 Å². The third-order valence-corrected chi connectivity index (χ3v) is 9.39. The second-order valence-corrected chi connectivity index (χ2v) is 11.1. The molecule has 31 heavy (non-hydrogen) atoms. The predicted octanol–water partition coefficient (Wildman–Crippen LogP) is 4.89. The molecule has 0 aromatic heterocycles. The van der Waals surface area contributed by atoms with Crippen LogP contribution < -0.4 is 4.31 Å². The molecule has 3 aliphatic rings. The number of hydrogen-bond donors (Lipinski definition) is 0. The van der Waals surface area contributed by atoms with Gasteiger partial charge in [-0.05, 0) is 67.9 Å². The average molecular weight is 459 g/mol. The van der Waals surface area contributed by atoms with Gasteiger partial charge in [-0.15, -0.1) is 0 Å². The largest absolute Gasteiger partial charge is 0.335 e. The first kappa shape index (κ1) is 20.8. The second-order valence-electron chi connectivity index (χ2n) is 8.85.